The highest BCUT2D eigenvalue weighted by atomic mass is 16.4. The molecule has 1 amide bonds. The summed E-state index contributed by atoms with van der Waals surface area (Å²) in [5, 5.41) is 12.5. The number of nitrogens with two attached hydrogens (primary N) is 1. The maximum absolute atomic E-state index is 11.7. The minimum atomic E-state index is -1.11. The summed E-state index contributed by atoms with van der Waals surface area (Å²) >= 11 is 0. The zero-order valence-corrected chi connectivity index (χ0v) is 12.0. The first-order chi connectivity index (χ1) is 9.98. The highest BCUT2D eigenvalue weighted by molar-refractivity contribution is 5.96. The first-order valence-corrected chi connectivity index (χ1v) is 7.11. The van der Waals surface area contributed by atoms with Gasteiger partial charge in [0.25, 0.3) is 5.91 Å². The Morgan fingerprint density at radius 1 is 1.38 bits per heavy atom. The molecule has 1 aliphatic rings. The van der Waals surface area contributed by atoms with Crippen molar-refractivity contribution >= 4 is 17.7 Å². The first-order valence-electron chi connectivity index (χ1n) is 7.11. The molecular formula is C14H20N4O3. The number of hydrogen-bond donors (Lipinski definition) is 3. The summed E-state index contributed by atoms with van der Waals surface area (Å²) < 4.78 is 0. The highest BCUT2D eigenvalue weighted by Crippen LogP contribution is 2.36. The van der Waals surface area contributed by atoms with Crippen LogP contribution in [0.5, 0.6) is 0 Å². The summed E-state index contributed by atoms with van der Waals surface area (Å²) in [5.41, 5.74) is 4.12. The Morgan fingerprint density at radius 3 is 2.52 bits per heavy atom. The van der Waals surface area contributed by atoms with Crippen molar-refractivity contribution in [2.75, 3.05) is 5.32 Å². The molecule has 1 fully saturated rings. The molecule has 1 heterocycles. The van der Waals surface area contributed by atoms with Gasteiger partial charge < -0.3 is 16.2 Å². The number of aliphatic carboxylic acids is 1. The molecule has 7 nitrogen and oxygen atoms in total. The van der Waals surface area contributed by atoms with Crippen LogP contribution >= 0.6 is 0 Å². The average Bonchev–Trinajstić information content (AvgIpc) is 2.48. The summed E-state index contributed by atoms with van der Waals surface area (Å²) in [6, 6.07) is 0. The Balaban J connectivity index is 2.26. The Labute approximate surface area is 123 Å². The van der Waals surface area contributed by atoms with Crippen molar-refractivity contribution in [3.63, 3.8) is 0 Å². The summed E-state index contributed by atoms with van der Waals surface area (Å²) in [7, 11) is 0. The Hall–Kier alpha value is -2.18. The summed E-state index contributed by atoms with van der Waals surface area (Å²) in [6.07, 6.45) is 6.47. The maximum Gasteiger partial charge on any atom is 0.329 e. The van der Waals surface area contributed by atoms with Crippen LogP contribution in [0.3, 0.4) is 0 Å². The SMILES string of the molecule is CCC1CCC(Nc2nccnc2C(N)=O)(C(=O)O)CC1. The van der Waals surface area contributed by atoms with Gasteiger partial charge >= 0.3 is 5.97 Å². The van der Waals surface area contributed by atoms with Gasteiger partial charge in [0.1, 0.15) is 5.54 Å². The highest BCUT2D eigenvalue weighted by Gasteiger charge is 2.42. The molecule has 21 heavy (non-hydrogen) atoms. The average molecular weight is 292 g/mol. The van der Waals surface area contributed by atoms with Crippen molar-refractivity contribution in [1.29, 1.82) is 0 Å². The monoisotopic (exact) mass is 292 g/mol. The Kier molecular flexibility index (Phi) is 4.40. The number of primary amides is 1. The lowest BCUT2D eigenvalue weighted by Gasteiger charge is -2.37. The van der Waals surface area contributed by atoms with Crippen molar-refractivity contribution in [1.82, 2.24) is 9.97 Å². The zero-order valence-electron chi connectivity index (χ0n) is 12.0. The molecule has 0 bridgehead atoms. The van der Waals surface area contributed by atoms with Crippen LogP contribution in [0.15, 0.2) is 12.4 Å². The fourth-order valence-electron chi connectivity index (χ4n) is 2.81. The number of rotatable bonds is 5. The van der Waals surface area contributed by atoms with Crippen molar-refractivity contribution in [2.45, 2.75) is 44.6 Å². The molecule has 1 aromatic heterocycles. The molecule has 0 aromatic carbocycles. The molecule has 0 saturated heterocycles. The molecule has 1 aliphatic carbocycles. The lowest BCUT2D eigenvalue weighted by molar-refractivity contribution is -0.143. The number of carbonyl (C=O) groups excluding carboxylic acids is 1. The first kappa shape index (κ1) is 15.2. The van der Waals surface area contributed by atoms with Crippen LogP contribution < -0.4 is 11.1 Å². The van der Waals surface area contributed by atoms with E-state index in [1.165, 1.54) is 12.4 Å². The summed E-state index contributed by atoms with van der Waals surface area (Å²) in [4.78, 5) is 31.0. The summed E-state index contributed by atoms with van der Waals surface area (Å²) in [6.45, 7) is 2.11. The second kappa shape index (κ2) is 6.07. The largest absolute Gasteiger partial charge is 0.480 e. The van der Waals surface area contributed by atoms with Gasteiger partial charge in [0.05, 0.1) is 0 Å². The minimum absolute atomic E-state index is 0.0317. The molecule has 7 heteroatoms. The fourth-order valence-corrected chi connectivity index (χ4v) is 2.81. The molecule has 0 atom stereocenters. The fraction of sp³-hybridized carbons (Fsp3) is 0.571. The molecule has 1 aromatic rings. The second-order valence-electron chi connectivity index (χ2n) is 5.48. The van der Waals surface area contributed by atoms with E-state index >= 15 is 0 Å². The maximum atomic E-state index is 11.7. The lowest BCUT2D eigenvalue weighted by Crippen LogP contribution is -2.49. The molecule has 0 spiro atoms. The predicted molar refractivity (Wildman–Crippen MR) is 76.8 cm³/mol. The van der Waals surface area contributed by atoms with E-state index in [4.69, 9.17) is 5.73 Å². The van der Waals surface area contributed by atoms with E-state index in [9.17, 15) is 14.7 Å². The molecule has 1 saturated carbocycles. The van der Waals surface area contributed by atoms with Crippen molar-refractivity contribution in [3.8, 4) is 0 Å². The molecule has 2 rings (SSSR count). The van der Waals surface area contributed by atoms with E-state index in [0.717, 1.165) is 19.3 Å². The van der Waals surface area contributed by atoms with E-state index in [2.05, 4.69) is 22.2 Å². The number of anilines is 1. The smallest absolute Gasteiger partial charge is 0.329 e. The molecule has 0 radical (unpaired) electrons. The third-order valence-corrected chi connectivity index (χ3v) is 4.23. The van der Waals surface area contributed by atoms with E-state index in [0.29, 0.717) is 18.8 Å². The van der Waals surface area contributed by atoms with E-state index < -0.39 is 17.4 Å². The minimum Gasteiger partial charge on any atom is -0.480 e. The molecular weight excluding hydrogens is 272 g/mol. The number of aromatic nitrogens is 2. The van der Waals surface area contributed by atoms with Crippen LogP contribution in [0.2, 0.25) is 0 Å². The Bertz CT molecular complexity index is 539. The van der Waals surface area contributed by atoms with Gasteiger partial charge in [0.2, 0.25) is 0 Å². The van der Waals surface area contributed by atoms with Crippen LogP contribution in [0.4, 0.5) is 5.82 Å². The van der Waals surface area contributed by atoms with Crippen molar-refractivity contribution in [2.24, 2.45) is 11.7 Å². The van der Waals surface area contributed by atoms with Gasteiger partial charge in [-0.15, -0.1) is 0 Å². The van der Waals surface area contributed by atoms with Crippen LogP contribution in [-0.2, 0) is 4.79 Å². The van der Waals surface area contributed by atoms with Crippen LogP contribution in [-0.4, -0.2) is 32.5 Å². The number of amides is 1. The molecule has 4 N–H and O–H groups in total. The van der Waals surface area contributed by atoms with Crippen LogP contribution in [0.1, 0.15) is 49.5 Å². The number of carboxylic acids is 1. The molecule has 0 unspecified atom stereocenters. The third-order valence-electron chi connectivity index (χ3n) is 4.23. The van der Waals surface area contributed by atoms with Gasteiger partial charge in [-0.2, -0.15) is 0 Å². The molecule has 0 aliphatic heterocycles. The number of nitrogens with zero attached hydrogens (tertiary/aromatic N) is 2. The van der Waals surface area contributed by atoms with Gasteiger partial charge in [0, 0.05) is 12.4 Å². The number of carboxylic acid groups (broad SMARTS) is 1. The predicted octanol–water partition coefficient (Wildman–Crippen LogP) is 1.41. The van der Waals surface area contributed by atoms with Gasteiger partial charge in [-0.3, -0.25) is 4.79 Å². The third kappa shape index (κ3) is 3.12. The van der Waals surface area contributed by atoms with Crippen LogP contribution in [0.25, 0.3) is 0 Å². The number of hydrogen-bond acceptors (Lipinski definition) is 5. The zero-order chi connectivity index (χ0) is 15.5. The standard InChI is InChI=1S/C14H20N4O3/c1-2-9-3-5-14(6-4-9,13(20)21)18-12-10(11(15)19)16-7-8-17-12/h7-9H,2-6H2,1H3,(H2,15,19)(H,17,18)(H,20,21). The normalized spacial score (nSPS) is 25.3. The van der Waals surface area contributed by atoms with Gasteiger partial charge in [-0.25, -0.2) is 14.8 Å². The van der Waals surface area contributed by atoms with E-state index in [-0.39, 0.29) is 11.5 Å². The number of nitrogens with one attached hydrogen (secondary N) is 1. The molecule has 114 valence electrons. The summed E-state index contributed by atoms with van der Waals surface area (Å²) in [5.74, 6) is -0.967. The van der Waals surface area contributed by atoms with Crippen molar-refractivity contribution < 1.29 is 14.7 Å². The lowest BCUT2D eigenvalue weighted by atomic mass is 9.75. The van der Waals surface area contributed by atoms with Crippen molar-refractivity contribution in [3.05, 3.63) is 18.1 Å². The second-order valence-corrected chi connectivity index (χ2v) is 5.48. The van der Waals surface area contributed by atoms with E-state index in [1.54, 1.807) is 0 Å². The van der Waals surface area contributed by atoms with E-state index in [1.807, 2.05) is 0 Å². The Morgan fingerprint density at radius 2 is 2.00 bits per heavy atom. The van der Waals surface area contributed by atoms with Gasteiger partial charge in [-0.1, -0.05) is 13.3 Å². The van der Waals surface area contributed by atoms with Crippen LogP contribution in [0, 0.1) is 5.92 Å². The quantitative estimate of drug-likeness (QED) is 0.755. The topological polar surface area (TPSA) is 118 Å². The van der Waals surface area contributed by atoms with Gasteiger partial charge in [-0.05, 0) is 31.6 Å². The number of carbonyl (C=O) groups is 2. The van der Waals surface area contributed by atoms with Gasteiger partial charge in [0.15, 0.2) is 11.5 Å².